The maximum Gasteiger partial charge on any atom is 0.354 e. The molecule has 0 saturated heterocycles. The Hall–Kier alpha value is -1.52. The summed E-state index contributed by atoms with van der Waals surface area (Å²) in [6.07, 6.45) is 0. The summed E-state index contributed by atoms with van der Waals surface area (Å²) in [5, 5.41) is 3.21. The molecule has 1 amide bonds. The zero-order valence-corrected chi connectivity index (χ0v) is 12.9. The second-order valence-corrected chi connectivity index (χ2v) is 5.08. The van der Waals surface area contributed by atoms with Gasteiger partial charge in [0.25, 0.3) is 5.91 Å². The molecule has 0 spiro atoms. The van der Waals surface area contributed by atoms with Crippen LogP contribution >= 0.6 is 23.2 Å². The van der Waals surface area contributed by atoms with E-state index in [9.17, 15) is 9.59 Å². The number of nitrogens with one attached hydrogen (secondary N) is 1. The van der Waals surface area contributed by atoms with Gasteiger partial charge in [0.1, 0.15) is 5.70 Å². The molecule has 0 bridgehead atoms. The average molecular weight is 316 g/mol. The van der Waals surface area contributed by atoms with Crippen LogP contribution in [0.1, 0.15) is 31.1 Å². The van der Waals surface area contributed by atoms with Crippen molar-refractivity contribution in [2.45, 2.75) is 20.8 Å². The van der Waals surface area contributed by atoms with Gasteiger partial charge in [0.05, 0.1) is 6.61 Å². The smallest absolute Gasteiger partial charge is 0.354 e. The maximum absolute atomic E-state index is 12.1. The third kappa shape index (κ3) is 4.54. The Balaban J connectivity index is 2.98. The number of benzene rings is 1. The summed E-state index contributed by atoms with van der Waals surface area (Å²) in [5.41, 5.74) is 1.03. The summed E-state index contributed by atoms with van der Waals surface area (Å²) in [4.78, 5) is 23.8. The van der Waals surface area contributed by atoms with E-state index in [0.717, 1.165) is 0 Å². The van der Waals surface area contributed by atoms with Crippen LogP contribution in [-0.2, 0) is 9.53 Å². The van der Waals surface area contributed by atoms with Gasteiger partial charge in [-0.25, -0.2) is 4.79 Å². The maximum atomic E-state index is 12.1. The Kier molecular flexibility index (Phi) is 6.05. The predicted octanol–water partition coefficient (Wildman–Crippen LogP) is 3.58. The molecule has 1 N–H and O–H groups in total. The zero-order valence-electron chi connectivity index (χ0n) is 11.4. The number of halogens is 2. The van der Waals surface area contributed by atoms with Crippen molar-refractivity contribution in [3.63, 3.8) is 0 Å². The molecular weight excluding hydrogens is 301 g/mol. The fraction of sp³-hybridized carbons (Fsp3) is 0.286. The van der Waals surface area contributed by atoms with Gasteiger partial charge < -0.3 is 10.1 Å². The van der Waals surface area contributed by atoms with Gasteiger partial charge >= 0.3 is 5.97 Å². The number of hydrogen-bond acceptors (Lipinski definition) is 3. The molecule has 0 aromatic heterocycles. The molecule has 1 aromatic rings. The largest absolute Gasteiger partial charge is 0.461 e. The summed E-state index contributed by atoms with van der Waals surface area (Å²) < 4.78 is 4.89. The number of carbonyl (C=O) groups is 2. The molecular formula is C14H15Cl2NO3. The van der Waals surface area contributed by atoms with E-state index in [1.165, 1.54) is 18.2 Å². The highest BCUT2D eigenvalue weighted by Crippen LogP contribution is 2.19. The van der Waals surface area contributed by atoms with Gasteiger partial charge in [0.2, 0.25) is 0 Å². The number of allylic oxidation sites excluding steroid dienone is 1. The molecule has 1 rings (SSSR count). The lowest BCUT2D eigenvalue weighted by atomic mass is 10.2. The van der Waals surface area contributed by atoms with E-state index >= 15 is 0 Å². The van der Waals surface area contributed by atoms with Gasteiger partial charge in [-0.1, -0.05) is 23.2 Å². The van der Waals surface area contributed by atoms with Crippen molar-refractivity contribution in [3.8, 4) is 0 Å². The first-order valence-corrected chi connectivity index (χ1v) is 6.72. The Morgan fingerprint density at radius 3 is 2.15 bits per heavy atom. The fourth-order valence-electron chi connectivity index (χ4n) is 1.45. The molecule has 0 aliphatic rings. The van der Waals surface area contributed by atoms with Gasteiger partial charge in [-0.3, -0.25) is 4.79 Å². The Labute approximate surface area is 127 Å². The van der Waals surface area contributed by atoms with E-state index in [1.807, 2.05) is 0 Å². The summed E-state index contributed by atoms with van der Waals surface area (Å²) >= 11 is 11.7. The molecule has 20 heavy (non-hydrogen) atoms. The van der Waals surface area contributed by atoms with Crippen LogP contribution < -0.4 is 5.32 Å². The molecule has 0 fully saturated rings. The molecule has 0 saturated carbocycles. The summed E-state index contributed by atoms with van der Waals surface area (Å²) in [7, 11) is 0. The normalized spacial score (nSPS) is 9.85. The molecule has 0 aliphatic carbocycles. The second-order valence-electron chi connectivity index (χ2n) is 4.21. The van der Waals surface area contributed by atoms with Crippen molar-refractivity contribution in [2.24, 2.45) is 0 Å². The first-order chi connectivity index (χ1) is 9.35. The number of esters is 1. The SMILES string of the molecule is CCOC(=O)C(NC(=O)c1cc(Cl)cc(Cl)c1)=C(C)C. The molecule has 0 aliphatic heterocycles. The summed E-state index contributed by atoms with van der Waals surface area (Å²) in [5.74, 6) is -1.05. The number of rotatable bonds is 4. The standard InChI is InChI=1S/C14H15Cl2NO3/c1-4-20-14(19)12(8(2)3)17-13(18)9-5-10(15)7-11(16)6-9/h5-7H,4H2,1-3H3,(H,17,18). The van der Waals surface area contributed by atoms with E-state index in [-0.39, 0.29) is 17.9 Å². The minimum absolute atomic E-state index is 0.118. The van der Waals surface area contributed by atoms with Crippen LogP contribution in [-0.4, -0.2) is 18.5 Å². The van der Waals surface area contributed by atoms with Crippen LogP contribution in [0.2, 0.25) is 10.0 Å². The lowest BCUT2D eigenvalue weighted by Crippen LogP contribution is -2.29. The Morgan fingerprint density at radius 2 is 1.70 bits per heavy atom. The highest BCUT2D eigenvalue weighted by molar-refractivity contribution is 6.35. The van der Waals surface area contributed by atoms with Crippen molar-refractivity contribution in [3.05, 3.63) is 45.1 Å². The lowest BCUT2D eigenvalue weighted by Gasteiger charge is -2.11. The molecule has 0 heterocycles. The molecule has 4 nitrogen and oxygen atoms in total. The van der Waals surface area contributed by atoms with Crippen LogP contribution in [0.3, 0.4) is 0 Å². The first kappa shape index (κ1) is 16.5. The lowest BCUT2D eigenvalue weighted by molar-refractivity contribution is -0.138. The zero-order chi connectivity index (χ0) is 15.3. The minimum atomic E-state index is -0.575. The van der Waals surface area contributed by atoms with Crippen molar-refractivity contribution in [1.82, 2.24) is 5.32 Å². The number of carbonyl (C=O) groups excluding carboxylic acids is 2. The molecule has 1 aromatic carbocycles. The molecule has 108 valence electrons. The van der Waals surface area contributed by atoms with E-state index < -0.39 is 11.9 Å². The van der Waals surface area contributed by atoms with E-state index in [0.29, 0.717) is 15.6 Å². The monoisotopic (exact) mass is 315 g/mol. The van der Waals surface area contributed by atoms with Crippen LogP contribution in [0.4, 0.5) is 0 Å². The predicted molar refractivity (Wildman–Crippen MR) is 78.9 cm³/mol. The van der Waals surface area contributed by atoms with Gasteiger partial charge in [-0.15, -0.1) is 0 Å². The average Bonchev–Trinajstić information content (AvgIpc) is 2.34. The summed E-state index contributed by atoms with van der Waals surface area (Å²) in [6.45, 7) is 5.34. The van der Waals surface area contributed by atoms with Crippen molar-refractivity contribution >= 4 is 35.1 Å². The highest BCUT2D eigenvalue weighted by atomic mass is 35.5. The Bertz CT molecular complexity index is 543. The molecule has 0 radical (unpaired) electrons. The molecule has 0 atom stereocenters. The van der Waals surface area contributed by atoms with Crippen LogP contribution in [0.5, 0.6) is 0 Å². The van der Waals surface area contributed by atoms with Gasteiger partial charge in [0, 0.05) is 15.6 Å². The van der Waals surface area contributed by atoms with Crippen molar-refractivity contribution < 1.29 is 14.3 Å². The number of hydrogen-bond donors (Lipinski definition) is 1. The van der Waals surface area contributed by atoms with Crippen LogP contribution in [0.15, 0.2) is 29.5 Å². The van der Waals surface area contributed by atoms with Gasteiger partial charge in [0.15, 0.2) is 0 Å². The quantitative estimate of drug-likeness (QED) is 0.682. The molecule has 0 unspecified atom stereocenters. The second kappa shape index (κ2) is 7.31. The van der Waals surface area contributed by atoms with Gasteiger partial charge in [-0.2, -0.15) is 0 Å². The Morgan fingerprint density at radius 1 is 1.15 bits per heavy atom. The number of amides is 1. The highest BCUT2D eigenvalue weighted by Gasteiger charge is 2.17. The van der Waals surface area contributed by atoms with Crippen molar-refractivity contribution in [2.75, 3.05) is 6.61 Å². The first-order valence-electron chi connectivity index (χ1n) is 5.97. The van der Waals surface area contributed by atoms with E-state index in [2.05, 4.69) is 5.32 Å². The fourth-order valence-corrected chi connectivity index (χ4v) is 1.98. The van der Waals surface area contributed by atoms with Crippen LogP contribution in [0.25, 0.3) is 0 Å². The van der Waals surface area contributed by atoms with E-state index in [4.69, 9.17) is 27.9 Å². The minimum Gasteiger partial charge on any atom is -0.461 e. The van der Waals surface area contributed by atoms with Crippen molar-refractivity contribution in [1.29, 1.82) is 0 Å². The third-order valence-corrected chi connectivity index (χ3v) is 2.78. The van der Waals surface area contributed by atoms with Gasteiger partial charge in [-0.05, 0) is 44.5 Å². The van der Waals surface area contributed by atoms with E-state index in [1.54, 1.807) is 20.8 Å². The molecule has 6 heteroatoms. The van der Waals surface area contributed by atoms with Crippen LogP contribution in [0, 0.1) is 0 Å². The topological polar surface area (TPSA) is 55.4 Å². The third-order valence-electron chi connectivity index (χ3n) is 2.34. The summed E-state index contributed by atoms with van der Waals surface area (Å²) in [6, 6.07) is 4.46. The number of ether oxygens (including phenoxy) is 1.